The highest BCUT2D eigenvalue weighted by Gasteiger charge is 2.44. The zero-order valence-electron chi connectivity index (χ0n) is 16.4. The van der Waals surface area contributed by atoms with Gasteiger partial charge in [-0.25, -0.2) is 0 Å². The summed E-state index contributed by atoms with van der Waals surface area (Å²) in [6.07, 6.45) is 0. The minimum atomic E-state index is -0.621. The molecule has 0 spiro atoms. The fourth-order valence-corrected chi connectivity index (χ4v) is 4.27. The molecule has 0 radical (unpaired) electrons. The minimum Gasteiger partial charge on any atom is -0.378 e. The molecule has 0 fully saturated rings. The monoisotopic (exact) mass is 358 g/mol. The first-order valence-corrected chi connectivity index (χ1v) is 9.43. The molecule has 4 rings (SSSR count). The molecule has 0 bridgehead atoms. The van der Waals surface area contributed by atoms with Gasteiger partial charge in [0.15, 0.2) is 0 Å². The first-order valence-electron chi connectivity index (χ1n) is 9.43. The van der Waals surface area contributed by atoms with Gasteiger partial charge in [0.25, 0.3) is 0 Å². The zero-order valence-corrected chi connectivity index (χ0v) is 16.4. The predicted molar refractivity (Wildman–Crippen MR) is 113 cm³/mol. The number of para-hydroxylation sites is 2. The highest BCUT2D eigenvalue weighted by atomic mass is 16.5. The van der Waals surface area contributed by atoms with Gasteiger partial charge in [-0.05, 0) is 36.8 Å². The Bertz CT molecular complexity index is 899. The van der Waals surface area contributed by atoms with Gasteiger partial charge in [-0.15, -0.1) is 0 Å². The average Bonchev–Trinajstić information content (AvgIpc) is 2.72. The fraction of sp³-hybridized carbons (Fsp3) is 0.250. The van der Waals surface area contributed by atoms with Crippen LogP contribution in [-0.4, -0.2) is 27.7 Å². The van der Waals surface area contributed by atoms with Crippen LogP contribution >= 0.6 is 0 Å². The maximum Gasteiger partial charge on any atom is 0.147 e. The lowest BCUT2D eigenvalue weighted by molar-refractivity contribution is 0.0579. The molecule has 1 aliphatic heterocycles. The Morgan fingerprint density at radius 2 is 1.33 bits per heavy atom. The molecule has 0 unspecified atom stereocenters. The topological polar surface area (TPSA) is 15.7 Å². The number of fused-ring (bicyclic) bond motifs is 2. The van der Waals surface area contributed by atoms with Crippen molar-refractivity contribution in [1.82, 2.24) is 0 Å². The Hall–Kier alpha value is -2.78. The number of methoxy groups -OCH3 is 1. The van der Waals surface area contributed by atoms with Crippen LogP contribution in [0.5, 0.6) is 0 Å². The van der Waals surface area contributed by atoms with Crippen molar-refractivity contribution in [1.29, 1.82) is 0 Å². The first-order chi connectivity index (χ1) is 13.1. The summed E-state index contributed by atoms with van der Waals surface area (Å²) >= 11 is 0. The molecule has 0 aliphatic carbocycles. The van der Waals surface area contributed by atoms with Gasteiger partial charge in [0.05, 0.1) is 0 Å². The predicted octanol–water partition coefficient (Wildman–Crippen LogP) is 5.16. The SMILES string of the molecule is CCN1c2ccccc2C(OC)(c2ccc(N(C)C)cc2)c2ccccc21. The summed E-state index contributed by atoms with van der Waals surface area (Å²) in [5.41, 5.74) is 6.48. The minimum absolute atomic E-state index is 0.621. The molecule has 1 aliphatic rings. The van der Waals surface area contributed by atoms with E-state index in [1.165, 1.54) is 28.2 Å². The molecule has 3 aromatic carbocycles. The van der Waals surface area contributed by atoms with Gasteiger partial charge in [-0.2, -0.15) is 0 Å². The standard InChI is InChI=1S/C24H26N2O/c1-5-26-22-12-8-6-10-20(22)24(27-4,21-11-7-9-13-23(21)26)18-14-16-19(17-15-18)25(2)3/h6-17H,5H2,1-4H3. The molecule has 0 amide bonds. The summed E-state index contributed by atoms with van der Waals surface area (Å²) in [4.78, 5) is 4.49. The van der Waals surface area contributed by atoms with Crippen LogP contribution in [0.4, 0.5) is 17.1 Å². The van der Waals surface area contributed by atoms with Crippen molar-refractivity contribution in [3.63, 3.8) is 0 Å². The Balaban J connectivity index is 2.03. The lowest BCUT2D eigenvalue weighted by atomic mass is 9.75. The second-order valence-electron chi connectivity index (χ2n) is 7.11. The number of nitrogens with zero attached hydrogens (tertiary/aromatic N) is 2. The molecule has 0 atom stereocenters. The molecule has 0 N–H and O–H groups in total. The molecule has 0 saturated carbocycles. The average molecular weight is 358 g/mol. The molecule has 0 aromatic heterocycles. The molecule has 3 aromatic rings. The Labute approximate surface area is 161 Å². The zero-order chi connectivity index (χ0) is 19.0. The van der Waals surface area contributed by atoms with E-state index in [0.29, 0.717) is 0 Å². The van der Waals surface area contributed by atoms with Crippen LogP contribution in [0.15, 0.2) is 72.8 Å². The van der Waals surface area contributed by atoms with Gasteiger partial charge >= 0.3 is 0 Å². The van der Waals surface area contributed by atoms with E-state index in [2.05, 4.69) is 104 Å². The van der Waals surface area contributed by atoms with Crippen LogP contribution in [0.3, 0.4) is 0 Å². The Morgan fingerprint density at radius 3 is 1.78 bits per heavy atom. The molecule has 138 valence electrons. The summed E-state index contributed by atoms with van der Waals surface area (Å²) < 4.78 is 6.37. The van der Waals surface area contributed by atoms with E-state index in [-0.39, 0.29) is 0 Å². The maximum atomic E-state index is 6.37. The fourth-order valence-electron chi connectivity index (χ4n) is 4.27. The van der Waals surface area contributed by atoms with E-state index in [1.807, 2.05) is 7.11 Å². The molecular weight excluding hydrogens is 332 g/mol. The third kappa shape index (κ3) is 2.54. The third-order valence-electron chi connectivity index (χ3n) is 5.56. The van der Waals surface area contributed by atoms with Crippen LogP contribution in [-0.2, 0) is 10.3 Å². The van der Waals surface area contributed by atoms with E-state index < -0.39 is 5.60 Å². The van der Waals surface area contributed by atoms with Crippen molar-refractivity contribution >= 4 is 17.1 Å². The van der Waals surface area contributed by atoms with E-state index in [1.54, 1.807) is 0 Å². The van der Waals surface area contributed by atoms with Crippen LogP contribution in [0.2, 0.25) is 0 Å². The smallest absolute Gasteiger partial charge is 0.147 e. The van der Waals surface area contributed by atoms with Crippen molar-refractivity contribution < 1.29 is 4.74 Å². The largest absolute Gasteiger partial charge is 0.378 e. The van der Waals surface area contributed by atoms with Gasteiger partial charge in [-0.1, -0.05) is 48.5 Å². The highest BCUT2D eigenvalue weighted by molar-refractivity contribution is 5.79. The van der Waals surface area contributed by atoms with Crippen LogP contribution < -0.4 is 9.80 Å². The number of hydrogen-bond donors (Lipinski definition) is 0. The second-order valence-corrected chi connectivity index (χ2v) is 7.11. The highest BCUT2D eigenvalue weighted by Crippen LogP contribution is 2.52. The van der Waals surface area contributed by atoms with Gasteiger partial charge in [0, 0.05) is 55.9 Å². The Morgan fingerprint density at radius 1 is 0.815 bits per heavy atom. The molecule has 3 heteroatoms. The van der Waals surface area contributed by atoms with Gasteiger partial charge < -0.3 is 14.5 Å². The van der Waals surface area contributed by atoms with Crippen molar-refractivity contribution in [2.24, 2.45) is 0 Å². The van der Waals surface area contributed by atoms with Crippen LogP contribution in [0.1, 0.15) is 23.6 Å². The van der Waals surface area contributed by atoms with Crippen molar-refractivity contribution in [3.8, 4) is 0 Å². The number of rotatable bonds is 4. The molecule has 1 heterocycles. The van der Waals surface area contributed by atoms with Crippen molar-refractivity contribution in [2.75, 3.05) is 37.5 Å². The molecule has 27 heavy (non-hydrogen) atoms. The van der Waals surface area contributed by atoms with E-state index in [9.17, 15) is 0 Å². The van der Waals surface area contributed by atoms with E-state index >= 15 is 0 Å². The van der Waals surface area contributed by atoms with Crippen molar-refractivity contribution in [2.45, 2.75) is 12.5 Å². The summed E-state index contributed by atoms with van der Waals surface area (Å²) in [7, 11) is 5.94. The number of ether oxygens (including phenoxy) is 1. The van der Waals surface area contributed by atoms with Crippen molar-refractivity contribution in [3.05, 3.63) is 89.5 Å². The molecular formula is C24H26N2O. The summed E-state index contributed by atoms with van der Waals surface area (Å²) in [6, 6.07) is 25.9. The first kappa shape index (κ1) is 17.6. The maximum absolute atomic E-state index is 6.37. The molecule has 0 saturated heterocycles. The van der Waals surface area contributed by atoms with Crippen LogP contribution in [0.25, 0.3) is 0 Å². The van der Waals surface area contributed by atoms with Crippen LogP contribution in [0, 0.1) is 0 Å². The summed E-state index contributed by atoms with van der Waals surface area (Å²) in [5.74, 6) is 0. The normalized spacial score (nSPS) is 14.4. The van der Waals surface area contributed by atoms with Gasteiger partial charge in [0.2, 0.25) is 0 Å². The lowest BCUT2D eigenvalue weighted by Crippen LogP contribution is -2.39. The van der Waals surface area contributed by atoms with E-state index in [0.717, 1.165) is 12.1 Å². The summed E-state index contributed by atoms with van der Waals surface area (Å²) in [5, 5.41) is 0. The van der Waals surface area contributed by atoms with E-state index in [4.69, 9.17) is 4.74 Å². The quantitative estimate of drug-likeness (QED) is 0.640. The third-order valence-corrected chi connectivity index (χ3v) is 5.56. The number of anilines is 3. The second kappa shape index (κ2) is 6.75. The number of hydrogen-bond acceptors (Lipinski definition) is 3. The summed E-state index contributed by atoms with van der Waals surface area (Å²) in [6.45, 7) is 3.10. The Kier molecular flexibility index (Phi) is 4.40. The lowest BCUT2D eigenvalue weighted by Gasteiger charge is -2.44. The molecule has 3 nitrogen and oxygen atoms in total. The van der Waals surface area contributed by atoms with Gasteiger partial charge in [0.1, 0.15) is 5.60 Å². The number of benzene rings is 3. The van der Waals surface area contributed by atoms with Gasteiger partial charge in [-0.3, -0.25) is 0 Å².